The van der Waals surface area contributed by atoms with E-state index < -0.39 is 0 Å². The van der Waals surface area contributed by atoms with Gasteiger partial charge in [0.05, 0.1) is 11.4 Å². The molecule has 1 aliphatic rings. The molecule has 1 aliphatic heterocycles. The SMILES string of the molecule is Cc1cc(F)cc(-c2nccc3[nH]c(-c4n[nH]c5ncc(-c6cncc(CN7CCCCC7)c6)cc45)cc23)c1. The van der Waals surface area contributed by atoms with E-state index in [0.717, 1.165) is 75.3 Å². The third kappa shape index (κ3) is 4.57. The first kappa shape index (κ1) is 23.7. The molecule has 0 spiro atoms. The van der Waals surface area contributed by atoms with E-state index in [-0.39, 0.29) is 5.82 Å². The largest absolute Gasteiger partial charge is 0.353 e. The molecule has 39 heavy (non-hydrogen) atoms. The third-order valence-electron chi connectivity index (χ3n) is 7.52. The Hall–Kier alpha value is -4.43. The highest BCUT2D eigenvalue weighted by Crippen LogP contribution is 2.34. The van der Waals surface area contributed by atoms with Crippen LogP contribution >= 0.6 is 0 Å². The summed E-state index contributed by atoms with van der Waals surface area (Å²) < 4.78 is 14.2. The molecule has 7 nitrogen and oxygen atoms in total. The Balaban J connectivity index is 1.26. The van der Waals surface area contributed by atoms with E-state index in [1.807, 2.05) is 43.7 Å². The summed E-state index contributed by atoms with van der Waals surface area (Å²) in [6, 6.07) is 13.3. The second kappa shape index (κ2) is 9.71. The fraction of sp³-hybridized carbons (Fsp3) is 0.226. The van der Waals surface area contributed by atoms with Crippen molar-refractivity contribution in [3.63, 3.8) is 0 Å². The summed E-state index contributed by atoms with van der Waals surface area (Å²) in [4.78, 5) is 19.8. The summed E-state index contributed by atoms with van der Waals surface area (Å²) in [5, 5.41) is 9.49. The van der Waals surface area contributed by atoms with Crippen LogP contribution in [-0.4, -0.2) is 48.1 Å². The zero-order valence-electron chi connectivity index (χ0n) is 21.7. The fourth-order valence-electron chi connectivity index (χ4n) is 5.66. The number of aryl methyl sites for hydroxylation is 1. The van der Waals surface area contributed by atoms with Gasteiger partial charge < -0.3 is 4.98 Å². The van der Waals surface area contributed by atoms with Crippen LogP contribution in [0.15, 0.2) is 67.3 Å². The van der Waals surface area contributed by atoms with Gasteiger partial charge in [-0.05, 0) is 86.4 Å². The number of nitrogens with zero attached hydrogens (tertiary/aromatic N) is 5. The molecule has 0 saturated carbocycles. The number of rotatable bonds is 5. The summed E-state index contributed by atoms with van der Waals surface area (Å²) in [6.07, 6.45) is 11.3. The first-order valence-corrected chi connectivity index (χ1v) is 13.4. The molecule has 0 aliphatic carbocycles. The van der Waals surface area contributed by atoms with E-state index in [0.29, 0.717) is 5.65 Å². The summed E-state index contributed by atoms with van der Waals surface area (Å²) in [6.45, 7) is 5.10. The minimum absolute atomic E-state index is 0.272. The van der Waals surface area contributed by atoms with Crippen molar-refractivity contribution in [1.82, 2.24) is 35.0 Å². The van der Waals surface area contributed by atoms with Crippen molar-refractivity contribution < 1.29 is 4.39 Å². The minimum Gasteiger partial charge on any atom is -0.353 e. The van der Waals surface area contributed by atoms with Crippen molar-refractivity contribution in [1.29, 1.82) is 0 Å². The lowest BCUT2D eigenvalue weighted by atomic mass is 10.0. The Kier molecular flexibility index (Phi) is 5.89. The van der Waals surface area contributed by atoms with E-state index in [9.17, 15) is 4.39 Å². The van der Waals surface area contributed by atoms with Crippen molar-refractivity contribution in [2.24, 2.45) is 0 Å². The van der Waals surface area contributed by atoms with Crippen molar-refractivity contribution in [3.8, 4) is 33.8 Å². The Morgan fingerprint density at radius 3 is 2.59 bits per heavy atom. The maximum absolute atomic E-state index is 14.2. The Morgan fingerprint density at radius 2 is 1.72 bits per heavy atom. The van der Waals surface area contributed by atoms with Crippen LogP contribution in [0.2, 0.25) is 0 Å². The number of likely N-dealkylation sites (tertiary alicyclic amines) is 1. The average Bonchev–Trinajstić information content (AvgIpc) is 3.57. The van der Waals surface area contributed by atoms with Crippen LogP contribution in [0.5, 0.6) is 0 Å². The molecule has 194 valence electrons. The molecule has 0 atom stereocenters. The second-order valence-electron chi connectivity index (χ2n) is 10.4. The molecule has 0 amide bonds. The number of aromatic nitrogens is 6. The molecule has 6 heterocycles. The van der Waals surface area contributed by atoms with Gasteiger partial charge in [-0.1, -0.05) is 6.42 Å². The predicted molar refractivity (Wildman–Crippen MR) is 151 cm³/mol. The number of halogens is 1. The highest BCUT2D eigenvalue weighted by Gasteiger charge is 2.17. The molecule has 1 fully saturated rings. The van der Waals surface area contributed by atoms with E-state index in [2.05, 4.69) is 47.2 Å². The molecule has 5 aromatic heterocycles. The monoisotopic (exact) mass is 517 g/mol. The van der Waals surface area contributed by atoms with E-state index in [1.54, 1.807) is 6.20 Å². The predicted octanol–water partition coefficient (Wildman–Crippen LogP) is 6.66. The van der Waals surface area contributed by atoms with Gasteiger partial charge in [0.25, 0.3) is 0 Å². The maximum atomic E-state index is 14.2. The van der Waals surface area contributed by atoms with E-state index in [1.165, 1.54) is 37.0 Å². The van der Waals surface area contributed by atoms with Crippen molar-refractivity contribution in [2.75, 3.05) is 13.1 Å². The smallest absolute Gasteiger partial charge is 0.155 e. The number of pyridine rings is 3. The van der Waals surface area contributed by atoms with Gasteiger partial charge in [-0.3, -0.25) is 20.0 Å². The number of fused-ring (bicyclic) bond motifs is 2. The highest BCUT2D eigenvalue weighted by atomic mass is 19.1. The summed E-state index contributed by atoms with van der Waals surface area (Å²) in [7, 11) is 0. The molecule has 0 radical (unpaired) electrons. The van der Waals surface area contributed by atoms with Gasteiger partial charge in [0.1, 0.15) is 11.5 Å². The fourth-order valence-corrected chi connectivity index (χ4v) is 5.66. The van der Waals surface area contributed by atoms with Crippen LogP contribution in [0.25, 0.3) is 55.7 Å². The molecule has 1 saturated heterocycles. The second-order valence-corrected chi connectivity index (χ2v) is 10.4. The number of benzene rings is 1. The van der Waals surface area contributed by atoms with Crippen LogP contribution in [-0.2, 0) is 6.54 Å². The molecule has 8 heteroatoms. The van der Waals surface area contributed by atoms with Gasteiger partial charge in [-0.2, -0.15) is 5.10 Å². The van der Waals surface area contributed by atoms with Gasteiger partial charge in [0, 0.05) is 64.3 Å². The summed E-state index contributed by atoms with van der Waals surface area (Å²) in [5.74, 6) is -0.272. The number of hydrogen-bond acceptors (Lipinski definition) is 5. The standard InChI is InChI=1S/C31H28FN7/c1-19-9-21(12-24(32)10-19)29-25-14-28(36-27(25)5-6-34-29)30-26-13-23(17-35-31(26)38-37-30)22-11-20(15-33-16-22)18-39-7-3-2-4-8-39/h5-6,9-17,36H,2-4,7-8,18H2,1H3,(H,35,37,38). The Labute approximate surface area is 225 Å². The normalized spacial score (nSPS) is 14.4. The average molecular weight is 518 g/mol. The zero-order chi connectivity index (χ0) is 26.3. The number of hydrogen-bond donors (Lipinski definition) is 2. The van der Waals surface area contributed by atoms with Crippen molar-refractivity contribution in [3.05, 3.63) is 84.2 Å². The van der Waals surface area contributed by atoms with Gasteiger partial charge in [0.15, 0.2) is 5.65 Å². The highest BCUT2D eigenvalue weighted by molar-refractivity contribution is 6.00. The van der Waals surface area contributed by atoms with Crippen molar-refractivity contribution in [2.45, 2.75) is 32.7 Å². The summed E-state index contributed by atoms with van der Waals surface area (Å²) in [5.41, 5.74) is 8.81. The van der Waals surface area contributed by atoms with Gasteiger partial charge in [0.2, 0.25) is 0 Å². The maximum Gasteiger partial charge on any atom is 0.155 e. The topological polar surface area (TPSA) is 86.4 Å². The molecule has 0 bridgehead atoms. The molecule has 0 unspecified atom stereocenters. The Bertz CT molecular complexity index is 1790. The van der Waals surface area contributed by atoms with Crippen LogP contribution in [0.4, 0.5) is 4.39 Å². The number of piperidine rings is 1. The van der Waals surface area contributed by atoms with Gasteiger partial charge >= 0.3 is 0 Å². The molecule has 1 aromatic carbocycles. The zero-order valence-corrected chi connectivity index (χ0v) is 21.7. The van der Waals surface area contributed by atoms with Crippen LogP contribution in [0, 0.1) is 12.7 Å². The lowest BCUT2D eigenvalue weighted by Gasteiger charge is -2.26. The minimum atomic E-state index is -0.272. The van der Waals surface area contributed by atoms with E-state index >= 15 is 0 Å². The van der Waals surface area contributed by atoms with E-state index in [4.69, 9.17) is 0 Å². The number of aromatic amines is 2. The molecule has 6 aromatic rings. The van der Waals surface area contributed by atoms with Crippen LogP contribution in [0.3, 0.4) is 0 Å². The lowest BCUT2D eigenvalue weighted by molar-refractivity contribution is 0.220. The molecular formula is C31H28FN7. The third-order valence-corrected chi connectivity index (χ3v) is 7.52. The molecule has 7 rings (SSSR count). The van der Waals surface area contributed by atoms with Crippen LogP contribution < -0.4 is 0 Å². The first-order valence-electron chi connectivity index (χ1n) is 13.4. The number of nitrogens with one attached hydrogen (secondary N) is 2. The first-order chi connectivity index (χ1) is 19.1. The Morgan fingerprint density at radius 1 is 0.846 bits per heavy atom. The van der Waals surface area contributed by atoms with Crippen LogP contribution in [0.1, 0.15) is 30.4 Å². The quantitative estimate of drug-likeness (QED) is 0.267. The lowest BCUT2D eigenvalue weighted by Crippen LogP contribution is -2.29. The molecular weight excluding hydrogens is 489 g/mol. The summed E-state index contributed by atoms with van der Waals surface area (Å²) >= 11 is 0. The molecule has 2 N–H and O–H groups in total. The van der Waals surface area contributed by atoms with Gasteiger partial charge in [-0.25, -0.2) is 9.37 Å². The number of H-pyrrole nitrogens is 2. The van der Waals surface area contributed by atoms with Gasteiger partial charge in [-0.15, -0.1) is 0 Å². The van der Waals surface area contributed by atoms with Crippen molar-refractivity contribution >= 4 is 21.9 Å².